The number of aromatic nitrogens is 3. The number of nitrogens with two attached hydrogens (primary N) is 1. The molecule has 3 unspecified atom stereocenters. The fourth-order valence-corrected chi connectivity index (χ4v) is 7.83. The van der Waals surface area contributed by atoms with E-state index in [-0.39, 0.29) is 27.1 Å². The number of hydrogen-bond donors (Lipinski definition) is 4. The molecule has 14 heteroatoms. The lowest BCUT2D eigenvalue weighted by molar-refractivity contribution is 0.0561. The molecule has 5 N–H and O–H groups in total. The van der Waals surface area contributed by atoms with Crippen molar-refractivity contribution in [3.8, 4) is 0 Å². The lowest BCUT2D eigenvalue weighted by Gasteiger charge is -2.55. The number of amides is 1. The van der Waals surface area contributed by atoms with Crippen molar-refractivity contribution in [2.45, 2.75) is 49.3 Å². The highest BCUT2D eigenvalue weighted by atomic mass is 35.5. The van der Waals surface area contributed by atoms with Crippen molar-refractivity contribution in [3.63, 3.8) is 0 Å². The normalized spacial score (nSPS) is 30.5. The highest BCUT2D eigenvalue weighted by Gasteiger charge is 2.61. The molecule has 0 radical (unpaired) electrons. The molecule has 4 rings (SSSR count). The standard InChI is InChI=1S/C19H23ClF3N7O2S/c1-18(2)16(24)28-19(3,11-6-7-25-33(11,18)32)14-10(21)4-5-12(26-14)27-15(31)13-9(20)8-30(29-13)17(22)23/h4-5,8,11,17,25,32H,6-7H2,1-3H3,(H2,24,28)(H,26,27,31). The van der Waals surface area contributed by atoms with E-state index in [0.717, 1.165) is 12.3 Å². The van der Waals surface area contributed by atoms with Gasteiger partial charge in [0, 0.05) is 6.54 Å². The molecule has 0 saturated carbocycles. The third-order valence-electron chi connectivity index (χ3n) is 6.18. The first-order valence-electron chi connectivity index (χ1n) is 9.97. The molecule has 0 aromatic carbocycles. The Morgan fingerprint density at radius 2 is 2.12 bits per heavy atom. The molecule has 1 saturated heterocycles. The van der Waals surface area contributed by atoms with Gasteiger partial charge < -0.3 is 15.6 Å². The summed E-state index contributed by atoms with van der Waals surface area (Å²) >= 11 is 5.85. The first kappa shape index (κ1) is 23.8. The lowest BCUT2D eigenvalue weighted by atomic mass is 9.90. The van der Waals surface area contributed by atoms with Crippen LogP contribution in [0.25, 0.3) is 0 Å². The van der Waals surface area contributed by atoms with E-state index in [1.54, 1.807) is 20.8 Å². The van der Waals surface area contributed by atoms with Gasteiger partial charge in [0.25, 0.3) is 5.91 Å². The van der Waals surface area contributed by atoms with Gasteiger partial charge in [0.05, 0.1) is 21.2 Å². The van der Waals surface area contributed by atoms with Gasteiger partial charge in [-0.1, -0.05) is 22.1 Å². The number of amidine groups is 1. The second-order valence-corrected chi connectivity index (χ2v) is 12.1. The van der Waals surface area contributed by atoms with Crippen LogP contribution in [0.4, 0.5) is 19.0 Å². The summed E-state index contributed by atoms with van der Waals surface area (Å²) in [6.07, 6.45) is 1.34. The molecule has 1 fully saturated rings. The van der Waals surface area contributed by atoms with Crippen molar-refractivity contribution in [1.29, 1.82) is 0 Å². The monoisotopic (exact) mass is 505 g/mol. The second kappa shape index (κ2) is 7.86. The summed E-state index contributed by atoms with van der Waals surface area (Å²) in [5.74, 6) is -1.50. The number of fused-ring (bicyclic) bond motifs is 1. The number of halogens is 4. The van der Waals surface area contributed by atoms with Crippen LogP contribution in [0, 0.1) is 5.82 Å². The number of carbonyl (C=O) groups is 1. The van der Waals surface area contributed by atoms with E-state index in [0.29, 0.717) is 13.0 Å². The van der Waals surface area contributed by atoms with Crippen molar-refractivity contribution < 1.29 is 22.5 Å². The summed E-state index contributed by atoms with van der Waals surface area (Å²) in [6, 6.07) is 2.31. The predicted molar refractivity (Wildman–Crippen MR) is 120 cm³/mol. The molecule has 3 atom stereocenters. The van der Waals surface area contributed by atoms with Gasteiger partial charge in [0.15, 0.2) is 5.69 Å². The van der Waals surface area contributed by atoms with Crippen LogP contribution in [0.1, 0.15) is 49.9 Å². The van der Waals surface area contributed by atoms with Crippen LogP contribution < -0.4 is 15.8 Å². The lowest BCUT2D eigenvalue weighted by Crippen LogP contribution is -2.57. The summed E-state index contributed by atoms with van der Waals surface area (Å²) in [5, 5.41) is 5.10. The van der Waals surface area contributed by atoms with Crippen LogP contribution in [0.5, 0.6) is 0 Å². The number of alkyl halides is 2. The van der Waals surface area contributed by atoms with Gasteiger partial charge >= 0.3 is 6.55 Å². The zero-order valence-corrected chi connectivity index (χ0v) is 19.5. The molecule has 2 aliphatic rings. The number of hydrogen-bond acceptors (Lipinski definition) is 7. The summed E-state index contributed by atoms with van der Waals surface area (Å²) in [4.78, 5) is 21.4. The molecule has 0 bridgehead atoms. The fourth-order valence-electron chi connectivity index (χ4n) is 4.25. The summed E-state index contributed by atoms with van der Waals surface area (Å²) in [7, 11) is -2.54. The highest BCUT2D eigenvalue weighted by Crippen LogP contribution is 2.67. The molecule has 2 aromatic heterocycles. The summed E-state index contributed by atoms with van der Waals surface area (Å²) < 4.78 is 54.8. The molecule has 2 aliphatic heterocycles. The third kappa shape index (κ3) is 3.57. The Balaban J connectivity index is 1.72. The molecular weight excluding hydrogens is 483 g/mol. The minimum Gasteiger partial charge on any atom is -0.386 e. The molecular formula is C19H23ClF3N7O2S. The van der Waals surface area contributed by atoms with E-state index >= 15 is 4.39 Å². The van der Waals surface area contributed by atoms with Crippen molar-refractivity contribution in [2.75, 3.05) is 11.9 Å². The molecule has 2 aromatic rings. The average molecular weight is 506 g/mol. The van der Waals surface area contributed by atoms with Crippen LogP contribution in [-0.2, 0) is 5.54 Å². The number of carbonyl (C=O) groups excluding carboxylic acids is 1. The third-order valence-corrected chi connectivity index (χ3v) is 10.4. The van der Waals surface area contributed by atoms with E-state index < -0.39 is 50.0 Å². The molecule has 0 aliphatic carbocycles. The Bertz CT molecular complexity index is 1160. The largest absolute Gasteiger partial charge is 0.386 e. The molecule has 0 spiro atoms. The average Bonchev–Trinajstić information content (AvgIpc) is 3.33. The van der Waals surface area contributed by atoms with Gasteiger partial charge in [-0.15, -0.1) is 0 Å². The number of aliphatic imine (C=N–C) groups is 1. The van der Waals surface area contributed by atoms with Gasteiger partial charge in [-0.2, -0.15) is 13.9 Å². The Labute approximate surface area is 194 Å². The summed E-state index contributed by atoms with van der Waals surface area (Å²) in [5.41, 5.74) is 4.36. The van der Waals surface area contributed by atoms with Gasteiger partial charge in [-0.3, -0.25) is 14.5 Å². The van der Waals surface area contributed by atoms with Crippen LogP contribution in [0.15, 0.2) is 23.3 Å². The molecule has 180 valence electrons. The minimum absolute atomic E-state index is 0.0663. The van der Waals surface area contributed by atoms with Gasteiger partial charge in [-0.25, -0.2) is 14.1 Å². The van der Waals surface area contributed by atoms with Crippen molar-refractivity contribution in [2.24, 2.45) is 10.7 Å². The summed E-state index contributed by atoms with van der Waals surface area (Å²) in [6.45, 7) is 2.74. The Morgan fingerprint density at radius 3 is 2.76 bits per heavy atom. The van der Waals surface area contributed by atoms with Gasteiger partial charge in [0.1, 0.15) is 28.7 Å². The first-order valence-corrected chi connectivity index (χ1v) is 12.0. The maximum atomic E-state index is 15.0. The van der Waals surface area contributed by atoms with E-state index in [4.69, 9.17) is 17.3 Å². The van der Waals surface area contributed by atoms with Gasteiger partial charge in [-0.05, 0) is 39.3 Å². The number of nitrogens with zero attached hydrogens (tertiary/aromatic N) is 4. The maximum Gasteiger partial charge on any atom is 0.333 e. The topological polar surface area (TPSA) is 130 Å². The number of rotatable bonds is 4. The van der Waals surface area contributed by atoms with Crippen LogP contribution >= 0.6 is 22.1 Å². The fraction of sp³-hybridized carbons (Fsp3) is 0.474. The zero-order chi connectivity index (χ0) is 24.3. The minimum atomic E-state index is -2.97. The van der Waals surface area contributed by atoms with Crippen molar-refractivity contribution in [3.05, 3.63) is 40.6 Å². The first-order chi connectivity index (χ1) is 15.3. The molecule has 33 heavy (non-hydrogen) atoms. The Kier molecular flexibility index (Phi) is 5.67. The smallest absolute Gasteiger partial charge is 0.333 e. The number of pyridine rings is 1. The van der Waals surface area contributed by atoms with Gasteiger partial charge in [0.2, 0.25) is 0 Å². The highest BCUT2D eigenvalue weighted by molar-refractivity contribution is 8.29. The predicted octanol–water partition coefficient (Wildman–Crippen LogP) is 3.64. The van der Waals surface area contributed by atoms with Crippen molar-refractivity contribution >= 4 is 39.7 Å². The molecule has 4 heterocycles. The molecule has 1 amide bonds. The second-order valence-electron chi connectivity index (χ2n) is 8.52. The number of anilines is 1. The number of nitrogens with one attached hydrogen (secondary N) is 2. The SMILES string of the molecule is CC1(c2nc(NC(=O)c3nn(C(F)F)cc3Cl)ccc2F)N=C(N)C(C)(C)S2(O)NCCC12. The Morgan fingerprint density at radius 1 is 1.42 bits per heavy atom. The van der Waals surface area contributed by atoms with E-state index in [2.05, 4.69) is 25.1 Å². The van der Waals surface area contributed by atoms with Crippen LogP contribution in [0.3, 0.4) is 0 Å². The quantitative estimate of drug-likeness (QED) is 0.502. The zero-order valence-electron chi connectivity index (χ0n) is 17.9. The van der Waals surface area contributed by atoms with E-state index in [1.807, 2.05) is 0 Å². The molecule has 9 nitrogen and oxygen atoms in total. The van der Waals surface area contributed by atoms with E-state index in [9.17, 15) is 18.1 Å². The van der Waals surface area contributed by atoms with Crippen LogP contribution in [0.2, 0.25) is 5.02 Å². The van der Waals surface area contributed by atoms with Crippen LogP contribution in [-0.4, -0.2) is 47.6 Å². The van der Waals surface area contributed by atoms with Crippen molar-refractivity contribution in [1.82, 2.24) is 19.5 Å². The van der Waals surface area contributed by atoms with E-state index in [1.165, 1.54) is 6.07 Å². The maximum absolute atomic E-state index is 15.0. The Hall–Kier alpha value is -2.35.